The van der Waals surface area contributed by atoms with E-state index in [1.54, 1.807) is 38.1 Å². The standard InChI is InChI=1S/C16H15ClN4O4/c1-9(16-20-19-10(2)24-16)23-14(22)8-7-13-18-15(21-25-13)11-3-5-12(17)6-4-11/h3-6,9H,7-8H2,1-2H3. The number of halogens is 1. The van der Waals surface area contributed by atoms with E-state index in [0.717, 1.165) is 5.56 Å². The smallest absolute Gasteiger partial charge is 0.307 e. The van der Waals surface area contributed by atoms with Gasteiger partial charge in [0.05, 0.1) is 6.42 Å². The molecular formula is C16H15ClN4O4. The van der Waals surface area contributed by atoms with E-state index in [-0.39, 0.29) is 18.7 Å². The Hall–Kier alpha value is -2.74. The number of carbonyl (C=O) groups excluding carboxylic acids is 1. The van der Waals surface area contributed by atoms with Crippen LogP contribution in [0.5, 0.6) is 0 Å². The van der Waals surface area contributed by atoms with Crippen LogP contribution in [-0.4, -0.2) is 26.3 Å². The molecule has 8 nitrogen and oxygen atoms in total. The largest absolute Gasteiger partial charge is 0.453 e. The summed E-state index contributed by atoms with van der Waals surface area (Å²) in [6, 6.07) is 7.06. The van der Waals surface area contributed by atoms with Gasteiger partial charge in [-0.25, -0.2) is 0 Å². The number of benzene rings is 1. The zero-order valence-electron chi connectivity index (χ0n) is 13.6. The number of aryl methyl sites for hydroxylation is 2. The summed E-state index contributed by atoms with van der Waals surface area (Å²) in [6.45, 7) is 3.33. The van der Waals surface area contributed by atoms with Crippen LogP contribution in [0.3, 0.4) is 0 Å². The van der Waals surface area contributed by atoms with E-state index in [1.807, 2.05) is 0 Å². The molecule has 9 heteroatoms. The van der Waals surface area contributed by atoms with Crippen LogP contribution in [-0.2, 0) is 16.0 Å². The van der Waals surface area contributed by atoms with Gasteiger partial charge in [0.1, 0.15) is 0 Å². The van der Waals surface area contributed by atoms with Crippen molar-refractivity contribution in [2.75, 3.05) is 0 Å². The Kier molecular flexibility index (Phi) is 5.08. The Bertz CT molecular complexity index is 859. The average Bonchev–Trinajstić information content (AvgIpc) is 3.23. The molecule has 2 aromatic heterocycles. The van der Waals surface area contributed by atoms with E-state index >= 15 is 0 Å². The number of ether oxygens (including phenoxy) is 1. The minimum Gasteiger partial charge on any atom is -0.453 e. The van der Waals surface area contributed by atoms with Crippen molar-refractivity contribution >= 4 is 17.6 Å². The lowest BCUT2D eigenvalue weighted by Gasteiger charge is -2.08. The fraction of sp³-hybridized carbons (Fsp3) is 0.312. The fourth-order valence-electron chi connectivity index (χ4n) is 2.06. The lowest BCUT2D eigenvalue weighted by atomic mass is 10.2. The molecule has 0 fully saturated rings. The first kappa shape index (κ1) is 17.1. The van der Waals surface area contributed by atoms with Gasteiger partial charge in [0.25, 0.3) is 5.89 Å². The first-order valence-electron chi connectivity index (χ1n) is 7.59. The van der Waals surface area contributed by atoms with Gasteiger partial charge in [-0.3, -0.25) is 4.79 Å². The number of carbonyl (C=O) groups is 1. The van der Waals surface area contributed by atoms with Crippen molar-refractivity contribution < 1.29 is 18.5 Å². The second-order valence-corrected chi connectivity index (χ2v) is 5.75. The molecule has 2 heterocycles. The van der Waals surface area contributed by atoms with E-state index in [0.29, 0.717) is 22.6 Å². The number of esters is 1. The summed E-state index contributed by atoms with van der Waals surface area (Å²) in [4.78, 5) is 16.2. The lowest BCUT2D eigenvalue weighted by Crippen LogP contribution is -2.10. The summed E-state index contributed by atoms with van der Waals surface area (Å²) in [5, 5.41) is 12.0. The number of nitrogens with zero attached hydrogens (tertiary/aromatic N) is 4. The molecule has 0 amide bonds. The summed E-state index contributed by atoms with van der Waals surface area (Å²) < 4.78 is 15.6. The molecular weight excluding hydrogens is 348 g/mol. The van der Waals surface area contributed by atoms with Gasteiger partial charge in [0, 0.05) is 23.9 Å². The van der Waals surface area contributed by atoms with E-state index in [4.69, 9.17) is 25.3 Å². The zero-order valence-corrected chi connectivity index (χ0v) is 14.4. The molecule has 0 bridgehead atoms. The predicted molar refractivity (Wildman–Crippen MR) is 86.6 cm³/mol. The van der Waals surface area contributed by atoms with Gasteiger partial charge in [-0.2, -0.15) is 4.98 Å². The number of hydrogen-bond donors (Lipinski definition) is 0. The molecule has 3 aromatic rings. The molecule has 0 aliphatic carbocycles. The number of aromatic nitrogens is 4. The summed E-state index contributed by atoms with van der Waals surface area (Å²) >= 11 is 5.85. The van der Waals surface area contributed by atoms with Crippen LogP contribution in [0, 0.1) is 6.92 Å². The maximum Gasteiger partial charge on any atom is 0.307 e. The highest BCUT2D eigenvalue weighted by Crippen LogP contribution is 2.20. The van der Waals surface area contributed by atoms with E-state index in [9.17, 15) is 4.79 Å². The van der Waals surface area contributed by atoms with E-state index < -0.39 is 12.1 Å². The number of rotatable bonds is 6. The fourth-order valence-corrected chi connectivity index (χ4v) is 2.19. The molecule has 0 saturated carbocycles. The summed E-state index contributed by atoms with van der Waals surface area (Å²) in [6.07, 6.45) is -0.240. The molecule has 1 atom stereocenters. The van der Waals surface area contributed by atoms with Crippen molar-refractivity contribution in [2.24, 2.45) is 0 Å². The Morgan fingerprint density at radius 1 is 1.28 bits per heavy atom. The quantitative estimate of drug-likeness (QED) is 0.615. The highest BCUT2D eigenvalue weighted by atomic mass is 35.5. The Morgan fingerprint density at radius 2 is 2.04 bits per heavy atom. The predicted octanol–water partition coefficient (Wildman–Crippen LogP) is 3.32. The molecule has 3 rings (SSSR count). The number of hydrogen-bond acceptors (Lipinski definition) is 8. The van der Waals surface area contributed by atoms with Crippen LogP contribution in [0.2, 0.25) is 5.02 Å². The maximum absolute atomic E-state index is 11.9. The van der Waals surface area contributed by atoms with Gasteiger partial charge in [-0.05, 0) is 31.2 Å². The molecule has 130 valence electrons. The molecule has 0 radical (unpaired) electrons. The highest BCUT2D eigenvalue weighted by molar-refractivity contribution is 6.30. The van der Waals surface area contributed by atoms with Gasteiger partial charge in [-0.1, -0.05) is 16.8 Å². The minimum absolute atomic E-state index is 0.0969. The summed E-state index contributed by atoms with van der Waals surface area (Å²) in [7, 11) is 0. The van der Waals surface area contributed by atoms with E-state index in [1.165, 1.54) is 0 Å². The van der Waals surface area contributed by atoms with Crippen LogP contribution >= 0.6 is 11.6 Å². The van der Waals surface area contributed by atoms with Crippen molar-refractivity contribution in [1.29, 1.82) is 0 Å². The van der Waals surface area contributed by atoms with Crippen LogP contribution in [0.25, 0.3) is 11.4 Å². The maximum atomic E-state index is 11.9. The highest BCUT2D eigenvalue weighted by Gasteiger charge is 2.18. The van der Waals surface area contributed by atoms with Crippen LogP contribution in [0.1, 0.15) is 37.1 Å². The molecule has 1 aromatic carbocycles. The van der Waals surface area contributed by atoms with Crippen molar-refractivity contribution in [3.63, 3.8) is 0 Å². The lowest BCUT2D eigenvalue weighted by molar-refractivity contribution is -0.149. The first-order chi connectivity index (χ1) is 12.0. The Balaban J connectivity index is 1.53. The van der Waals surface area contributed by atoms with Gasteiger partial charge in [0.15, 0.2) is 6.10 Å². The molecule has 0 saturated heterocycles. The third kappa shape index (κ3) is 4.42. The first-order valence-corrected chi connectivity index (χ1v) is 7.97. The van der Waals surface area contributed by atoms with Crippen molar-refractivity contribution in [1.82, 2.24) is 20.3 Å². The monoisotopic (exact) mass is 362 g/mol. The molecule has 25 heavy (non-hydrogen) atoms. The van der Waals surface area contributed by atoms with Crippen molar-refractivity contribution in [3.8, 4) is 11.4 Å². The van der Waals surface area contributed by atoms with Crippen molar-refractivity contribution in [3.05, 3.63) is 47.0 Å². The second kappa shape index (κ2) is 7.43. The molecule has 1 unspecified atom stereocenters. The molecule has 0 aliphatic heterocycles. The third-order valence-corrected chi connectivity index (χ3v) is 3.56. The topological polar surface area (TPSA) is 104 Å². The van der Waals surface area contributed by atoms with Crippen LogP contribution in [0.15, 0.2) is 33.2 Å². The van der Waals surface area contributed by atoms with E-state index in [2.05, 4.69) is 20.3 Å². The summed E-state index contributed by atoms with van der Waals surface area (Å²) in [5.74, 6) is 1.04. The van der Waals surface area contributed by atoms with Gasteiger partial charge in [0.2, 0.25) is 17.6 Å². The van der Waals surface area contributed by atoms with Gasteiger partial charge in [-0.15, -0.1) is 10.2 Å². The Morgan fingerprint density at radius 3 is 2.72 bits per heavy atom. The Labute approximate surface area is 148 Å². The van der Waals surface area contributed by atoms with Crippen molar-refractivity contribution in [2.45, 2.75) is 32.8 Å². The van der Waals surface area contributed by atoms with Gasteiger partial charge >= 0.3 is 5.97 Å². The average molecular weight is 363 g/mol. The van der Waals surface area contributed by atoms with Gasteiger partial charge < -0.3 is 13.7 Å². The molecule has 0 aliphatic rings. The molecule has 0 spiro atoms. The van der Waals surface area contributed by atoms with Crippen LogP contribution < -0.4 is 0 Å². The molecule has 0 N–H and O–H groups in total. The normalized spacial score (nSPS) is 12.1. The SMILES string of the molecule is Cc1nnc(C(C)OC(=O)CCc2nc(-c3ccc(Cl)cc3)no2)o1. The third-order valence-electron chi connectivity index (χ3n) is 3.31. The minimum atomic E-state index is -0.610. The summed E-state index contributed by atoms with van der Waals surface area (Å²) in [5.41, 5.74) is 0.780. The zero-order chi connectivity index (χ0) is 17.8. The van der Waals surface area contributed by atoms with Crippen LogP contribution in [0.4, 0.5) is 0 Å². The second-order valence-electron chi connectivity index (χ2n) is 5.31.